The molecule has 0 saturated heterocycles. The van der Waals surface area contributed by atoms with E-state index in [1.165, 1.54) is 71.3 Å². The van der Waals surface area contributed by atoms with Gasteiger partial charge in [0.1, 0.15) is 0 Å². The smallest absolute Gasteiger partial charge is 0.305 e. The predicted octanol–water partition coefficient (Wildman–Crippen LogP) is 6.17. The third kappa shape index (κ3) is 17.8. The first-order valence-electron chi connectivity index (χ1n) is 10.5. The number of carbonyl (C=O) groups excluding carboxylic acids is 1. The summed E-state index contributed by atoms with van der Waals surface area (Å²) in [6.45, 7) is 2.26. The van der Waals surface area contributed by atoms with Gasteiger partial charge in [-0.3, -0.25) is 4.79 Å². The minimum Gasteiger partial charge on any atom is -0.469 e. The highest BCUT2D eigenvalue weighted by Gasteiger charge is 2.04. The van der Waals surface area contributed by atoms with Gasteiger partial charge in [-0.15, -0.1) is 0 Å². The fourth-order valence-corrected chi connectivity index (χ4v) is 3.12. The van der Waals surface area contributed by atoms with Gasteiger partial charge < -0.3 is 9.84 Å². The summed E-state index contributed by atoms with van der Waals surface area (Å²) >= 11 is 0. The monoisotopic (exact) mass is 342 g/mol. The summed E-state index contributed by atoms with van der Waals surface area (Å²) in [6, 6.07) is 0. The van der Waals surface area contributed by atoms with E-state index in [0.29, 0.717) is 6.42 Å². The number of ether oxygens (including phenoxy) is 1. The molecule has 0 aliphatic rings. The molecule has 0 saturated carbocycles. The Morgan fingerprint density at radius 1 is 0.750 bits per heavy atom. The first-order chi connectivity index (χ1) is 11.7. The van der Waals surface area contributed by atoms with E-state index in [1.54, 1.807) is 0 Å². The summed E-state index contributed by atoms with van der Waals surface area (Å²) in [7, 11) is 1.44. The quantitative estimate of drug-likeness (QED) is 0.239. The van der Waals surface area contributed by atoms with E-state index in [4.69, 9.17) is 0 Å². The first kappa shape index (κ1) is 23.4. The molecule has 0 aromatic rings. The van der Waals surface area contributed by atoms with Gasteiger partial charge in [0.05, 0.1) is 13.2 Å². The van der Waals surface area contributed by atoms with Crippen molar-refractivity contribution >= 4 is 5.97 Å². The van der Waals surface area contributed by atoms with Gasteiger partial charge in [0.25, 0.3) is 0 Å². The zero-order valence-corrected chi connectivity index (χ0v) is 16.4. The maximum absolute atomic E-state index is 11.0. The van der Waals surface area contributed by atoms with Crippen molar-refractivity contribution in [2.75, 3.05) is 7.11 Å². The highest BCUT2D eigenvalue weighted by atomic mass is 16.5. The molecule has 0 radical (unpaired) electrons. The zero-order valence-electron chi connectivity index (χ0n) is 16.4. The molecule has 0 heterocycles. The van der Waals surface area contributed by atoms with Crippen LogP contribution >= 0.6 is 0 Å². The van der Waals surface area contributed by atoms with E-state index >= 15 is 0 Å². The van der Waals surface area contributed by atoms with Crippen LogP contribution < -0.4 is 0 Å². The van der Waals surface area contributed by atoms with Gasteiger partial charge >= 0.3 is 5.97 Å². The normalized spacial score (nSPS) is 12.3. The second kappa shape index (κ2) is 18.8. The van der Waals surface area contributed by atoms with Gasteiger partial charge in [0.15, 0.2) is 0 Å². The van der Waals surface area contributed by atoms with Gasteiger partial charge in [-0.25, -0.2) is 0 Å². The van der Waals surface area contributed by atoms with Crippen LogP contribution in [0.4, 0.5) is 0 Å². The highest BCUT2D eigenvalue weighted by molar-refractivity contribution is 5.68. The molecule has 1 N–H and O–H groups in total. The van der Waals surface area contributed by atoms with Crippen molar-refractivity contribution in [2.24, 2.45) is 0 Å². The van der Waals surface area contributed by atoms with E-state index in [2.05, 4.69) is 11.7 Å². The topological polar surface area (TPSA) is 46.5 Å². The first-order valence-corrected chi connectivity index (χ1v) is 10.5. The largest absolute Gasteiger partial charge is 0.469 e. The van der Waals surface area contributed by atoms with Gasteiger partial charge in [-0.05, 0) is 19.3 Å². The molecule has 24 heavy (non-hydrogen) atoms. The molecule has 0 bridgehead atoms. The van der Waals surface area contributed by atoms with Crippen LogP contribution in [0.15, 0.2) is 0 Å². The summed E-state index contributed by atoms with van der Waals surface area (Å²) in [6.07, 6.45) is 19.9. The van der Waals surface area contributed by atoms with Gasteiger partial charge in [-0.1, -0.05) is 90.4 Å². The zero-order chi connectivity index (χ0) is 17.9. The van der Waals surface area contributed by atoms with Crippen LogP contribution in [0, 0.1) is 0 Å². The number of carbonyl (C=O) groups is 1. The van der Waals surface area contributed by atoms with Crippen LogP contribution in [-0.4, -0.2) is 24.3 Å². The molecule has 1 atom stereocenters. The van der Waals surface area contributed by atoms with Crippen LogP contribution in [0.25, 0.3) is 0 Å². The summed E-state index contributed by atoms with van der Waals surface area (Å²) in [5.41, 5.74) is 0. The van der Waals surface area contributed by atoms with Gasteiger partial charge in [0.2, 0.25) is 0 Å². The molecule has 0 amide bonds. The predicted molar refractivity (Wildman–Crippen MR) is 102 cm³/mol. The minimum atomic E-state index is -0.125. The Balaban J connectivity index is 3.18. The molecular weight excluding hydrogens is 300 g/mol. The standard InChI is InChI=1S/C21H42O3/c1-3-4-5-6-7-8-9-10-11-14-17-20(22)18-15-12-13-16-19-21(23)24-2/h20,22H,3-19H2,1-2H3. The molecule has 144 valence electrons. The Morgan fingerprint density at radius 3 is 1.62 bits per heavy atom. The van der Waals surface area contributed by atoms with Crippen molar-refractivity contribution < 1.29 is 14.6 Å². The SMILES string of the molecule is CCCCCCCCCCCCC(O)CCCCCCC(=O)OC. The molecule has 0 aromatic heterocycles. The number of aliphatic hydroxyl groups is 1. The van der Waals surface area contributed by atoms with Gasteiger partial charge in [0, 0.05) is 6.42 Å². The molecule has 3 heteroatoms. The Kier molecular flexibility index (Phi) is 18.3. The molecule has 0 fully saturated rings. The average molecular weight is 343 g/mol. The van der Waals surface area contributed by atoms with E-state index in [9.17, 15) is 9.90 Å². The van der Waals surface area contributed by atoms with Crippen molar-refractivity contribution in [1.29, 1.82) is 0 Å². The van der Waals surface area contributed by atoms with Gasteiger partial charge in [-0.2, -0.15) is 0 Å². The molecule has 0 aliphatic carbocycles. The lowest BCUT2D eigenvalue weighted by Gasteiger charge is -2.10. The van der Waals surface area contributed by atoms with Crippen molar-refractivity contribution in [2.45, 2.75) is 122 Å². The Hall–Kier alpha value is -0.570. The highest BCUT2D eigenvalue weighted by Crippen LogP contribution is 2.14. The average Bonchev–Trinajstić information content (AvgIpc) is 2.59. The van der Waals surface area contributed by atoms with Crippen LogP contribution in [0.1, 0.15) is 116 Å². The number of aliphatic hydroxyl groups excluding tert-OH is 1. The lowest BCUT2D eigenvalue weighted by atomic mass is 10.0. The Labute approximate surface area is 150 Å². The number of hydrogen-bond donors (Lipinski definition) is 1. The van der Waals surface area contributed by atoms with E-state index in [-0.39, 0.29) is 12.1 Å². The fraction of sp³-hybridized carbons (Fsp3) is 0.952. The summed E-state index contributed by atoms with van der Waals surface area (Å²) < 4.78 is 4.62. The molecule has 0 aromatic carbocycles. The third-order valence-electron chi connectivity index (χ3n) is 4.79. The maximum Gasteiger partial charge on any atom is 0.305 e. The Bertz CT molecular complexity index is 266. The van der Waals surface area contributed by atoms with Crippen LogP contribution in [0.2, 0.25) is 0 Å². The summed E-state index contributed by atoms with van der Waals surface area (Å²) in [4.78, 5) is 11.0. The van der Waals surface area contributed by atoms with Crippen molar-refractivity contribution in [3.8, 4) is 0 Å². The molecular formula is C21H42O3. The number of rotatable bonds is 18. The maximum atomic E-state index is 11.0. The summed E-state index contributed by atoms with van der Waals surface area (Å²) in [5.74, 6) is -0.115. The van der Waals surface area contributed by atoms with Crippen LogP contribution in [0.3, 0.4) is 0 Å². The number of unbranched alkanes of at least 4 members (excludes halogenated alkanes) is 12. The summed E-state index contributed by atoms with van der Waals surface area (Å²) in [5, 5.41) is 9.98. The molecule has 3 nitrogen and oxygen atoms in total. The van der Waals surface area contributed by atoms with E-state index in [1.807, 2.05) is 0 Å². The third-order valence-corrected chi connectivity index (χ3v) is 4.79. The fourth-order valence-electron chi connectivity index (χ4n) is 3.12. The van der Waals surface area contributed by atoms with Crippen LogP contribution in [-0.2, 0) is 9.53 Å². The van der Waals surface area contributed by atoms with E-state index < -0.39 is 0 Å². The van der Waals surface area contributed by atoms with E-state index in [0.717, 1.165) is 38.5 Å². The number of hydrogen-bond acceptors (Lipinski definition) is 3. The molecule has 1 unspecified atom stereocenters. The van der Waals surface area contributed by atoms with Crippen LogP contribution in [0.5, 0.6) is 0 Å². The molecule has 0 aliphatic heterocycles. The number of esters is 1. The second-order valence-corrected chi connectivity index (χ2v) is 7.15. The Morgan fingerprint density at radius 2 is 1.17 bits per heavy atom. The number of methoxy groups -OCH3 is 1. The lowest BCUT2D eigenvalue weighted by Crippen LogP contribution is -2.06. The van der Waals surface area contributed by atoms with Crippen molar-refractivity contribution in [3.05, 3.63) is 0 Å². The minimum absolute atomic E-state index is 0.115. The molecule has 0 rings (SSSR count). The molecule has 0 spiro atoms. The van der Waals surface area contributed by atoms with Crippen molar-refractivity contribution in [3.63, 3.8) is 0 Å². The van der Waals surface area contributed by atoms with Crippen molar-refractivity contribution in [1.82, 2.24) is 0 Å². The second-order valence-electron chi connectivity index (χ2n) is 7.15. The lowest BCUT2D eigenvalue weighted by molar-refractivity contribution is -0.140.